The van der Waals surface area contributed by atoms with Crippen LogP contribution >= 0.6 is 38.4 Å². The Kier molecular flexibility index (Phi) is 27.5. The standard InChI is InChI=1S/C21H30Cl2N12O10P2S2.4Na/c22-16-30-18(24-7-1-2-12-46(36,37)38)34-19(31-16)25-8-10-27-48(42,43)13-49(44,45)28-11-9-26-20-32-17(23)33-21(35-20)29-14-3-5-15(6-4-14)47(39,40)41;;;;/h1-6,27-28H,7-13H2,(H2,36,37,38)(H2,39,40,41)(H2,24,25,30,31,34)(H2,26,29,32,33,35);;;;/q;4*+1/p-4/b2-1-;;;;. The van der Waals surface area contributed by atoms with Crippen molar-refractivity contribution in [2.75, 3.05) is 65.2 Å². The number of nitrogens with one attached hydrogen (secondary N) is 6. The molecule has 2 aromatic heterocycles. The maximum absolute atomic E-state index is 12.4. The third-order valence-corrected chi connectivity index (χ3v) is 11.0. The van der Waals surface area contributed by atoms with Crippen molar-refractivity contribution >= 4 is 93.2 Å². The van der Waals surface area contributed by atoms with Gasteiger partial charge in [0.15, 0.2) is 5.08 Å². The van der Waals surface area contributed by atoms with Gasteiger partial charge in [-0.3, -0.25) is 0 Å². The van der Waals surface area contributed by atoms with Crippen molar-refractivity contribution < 1.29 is 164 Å². The maximum atomic E-state index is 12.4. The molecule has 22 nitrogen and oxygen atoms in total. The summed E-state index contributed by atoms with van der Waals surface area (Å²) < 4.78 is 75.4. The Morgan fingerprint density at radius 3 is 1.51 bits per heavy atom. The maximum Gasteiger partial charge on any atom is 1.00 e. The number of halogens is 2. The van der Waals surface area contributed by atoms with Crippen LogP contribution in [0.5, 0.6) is 0 Å². The zero-order valence-electron chi connectivity index (χ0n) is 28.6. The van der Waals surface area contributed by atoms with Gasteiger partial charge in [-0.1, -0.05) is 31.9 Å². The minimum absolute atomic E-state index is 0. The summed E-state index contributed by atoms with van der Waals surface area (Å²) in [6.45, 7) is -0.670. The van der Waals surface area contributed by atoms with E-state index >= 15 is 0 Å². The number of nitrogens with zero attached hydrogens (tertiary/aromatic N) is 6. The first-order valence-electron chi connectivity index (χ1n) is 13.3. The molecule has 0 saturated heterocycles. The third-order valence-electron chi connectivity index (χ3n) is 5.30. The van der Waals surface area contributed by atoms with Crippen molar-refractivity contribution in [3.8, 4) is 0 Å². The van der Waals surface area contributed by atoms with Gasteiger partial charge in [-0.15, -0.1) is 0 Å². The summed E-state index contributed by atoms with van der Waals surface area (Å²) in [6.07, 6.45) is 1.86. The van der Waals surface area contributed by atoms with Crippen LogP contribution in [0.2, 0.25) is 10.6 Å². The Morgan fingerprint density at radius 1 is 0.623 bits per heavy atom. The Morgan fingerprint density at radius 2 is 1.06 bits per heavy atom. The van der Waals surface area contributed by atoms with Gasteiger partial charge in [0.2, 0.25) is 54.4 Å². The summed E-state index contributed by atoms with van der Waals surface area (Å²) in [5.41, 5.74) is 0.322. The van der Waals surface area contributed by atoms with Crippen molar-refractivity contribution in [1.82, 2.24) is 39.3 Å². The van der Waals surface area contributed by atoms with E-state index in [0.29, 0.717) is 5.69 Å². The molecule has 6 N–H and O–H groups in total. The van der Waals surface area contributed by atoms with Crippen LogP contribution in [0.25, 0.3) is 0 Å². The fourth-order valence-electron chi connectivity index (χ4n) is 3.34. The van der Waals surface area contributed by atoms with Gasteiger partial charge in [0.25, 0.3) is 0 Å². The van der Waals surface area contributed by atoms with Crippen LogP contribution in [0.1, 0.15) is 0 Å². The smallest absolute Gasteiger partial charge is 0.811 e. The molecule has 0 fully saturated rings. The Bertz CT molecular complexity index is 1960. The molecule has 0 aliphatic rings. The first-order chi connectivity index (χ1) is 22.8. The van der Waals surface area contributed by atoms with Gasteiger partial charge < -0.3 is 50.0 Å². The van der Waals surface area contributed by atoms with Crippen LogP contribution in [0.15, 0.2) is 36.4 Å². The quantitative estimate of drug-likeness (QED) is 0.0265. The minimum Gasteiger partial charge on any atom is -0.811 e. The van der Waals surface area contributed by atoms with Crippen molar-refractivity contribution in [2.45, 2.75) is 0 Å². The average molecular weight is 895 g/mol. The van der Waals surface area contributed by atoms with Crippen LogP contribution in [0.4, 0.5) is 29.5 Å². The molecule has 3 rings (SSSR count). The number of sulfonamides is 2. The second-order valence-corrected chi connectivity index (χ2v) is 17.1. The normalized spacial score (nSPS) is 11.7. The molecular formula is C21H26Cl2N12Na4O10P2S2. The van der Waals surface area contributed by atoms with E-state index in [1.165, 1.54) is 18.2 Å². The predicted molar refractivity (Wildman–Crippen MR) is 172 cm³/mol. The summed E-state index contributed by atoms with van der Waals surface area (Å²) in [4.78, 5) is 66.8. The van der Waals surface area contributed by atoms with Crippen molar-refractivity contribution in [3.05, 3.63) is 47.0 Å². The van der Waals surface area contributed by atoms with E-state index in [1.807, 2.05) is 0 Å². The summed E-state index contributed by atoms with van der Waals surface area (Å²) in [7, 11) is -18.2. The molecule has 0 unspecified atom stereocenters. The molecule has 53 heavy (non-hydrogen) atoms. The summed E-state index contributed by atoms with van der Waals surface area (Å²) in [5, 5.41) is 8.65. The molecule has 3 aromatic rings. The number of benzene rings is 1. The SMILES string of the molecule is O=P([O-])([O-])C/C=C\CNc1nc(Cl)nc(NCCNS(=O)(=O)CS(=O)(=O)NCCNc2nc(Cl)nc(Nc3ccc(P(=O)([O-])[O-])cc3)n2)n1.[Na+].[Na+].[Na+].[Na+]. The monoisotopic (exact) mass is 894 g/mol. The molecule has 0 aliphatic carbocycles. The largest absolute Gasteiger partial charge is 1.00 e. The Hall–Kier alpha value is 0.880. The Balaban J connectivity index is 0. The van der Waals surface area contributed by atoms with E-state index in [2.05, 4.69) is 60.6 Å². The van der Waals surface area contributed by atoms with E-state index < -0.39 is 51.8 Å². The molecule has 0 amide bonds. The van der Waals surface area contributed by atoms with Crippen molar-refractivity contribution in [2.24, 2.45) is 0 Å². The van der Waals surface area contributed by atoms with Gasteiger partial charge in [-0.05, 0) is 54.4 Å². The van der Waals surface area contributed by atoms with Gasteiger partial charge in [0, 0.05) is 38.4 Å². The van der Waals surface area contributed by atoms with Crippen LogP contribution < -0.4 is 174 Å². The van der Waals surface area contributed by atoms with Crippen LogP contribution in [-0.2, 0) is 29.2 Å². The zero-order chi connectivity index (χ0) is 36.3. The molecule has 0 bridgehead atoms. The molecule has 0 saturated carbocycles. The van der Waals surface area contributed by atoms with E-state index in [9.17, 15) is 45.5 Å². The molecule has 32 heteroatoms. The van der Waals surface area contributed by atoms with Gasteiger partial charge in [0.1, 0.15) is 0 Å². The number of aromatic nitrogens is 6. The summed E-state index contributed by atoms with van der Waals surface area (Å²) in [5.74, 6) is -0.192. The molecule has 2 heterocycles. The van der Waals surface area contributed by atoms with Crippen LogP contribution in [0.3, 0.4) is 0 Å². The fourth-order valence-corrected chi connectivity index (χ4v) is 7.70. The number of hydrogen-bond donors (Lipinski definition) is 6. The first kappa shape index (κ1) is 56.0. The number of allylic oxidation sites excluding steroid dienone is 1. The minimum atomic E-state index is -4.92. The summed E-state index contributed by atoms with van der Waals surface area (Å²) >= 11 is 11.7. The molecule has 0 aliphatic heterocycles. The van der Waals surface area contributed by atoms with Crippen molar-refractivity contribution in [1.29, 1.82) is 0 Å². The Labute approximate surface area is 403 Å². The van der Waals surface area contributed by atoms with Gasteiger partial charge in [-0.25, -0.2) is 26.3 Å². The fraction of sp³-hybridized carbons (Fsp3) is 0.333. The molecule has 1 aromatic carbocycles. The summed E-state index contributed by atoms with van der Waals surface area (Å²) in [6, 6.07) is 4.79. The van der Waals surface area contributed by atoms with Crippen LogP contribution in [-0.4, -0.2) is 90.7 Å². The molecule has 0 atom stereocenters. The van der Waals surface area contributed by atoms with Gasteiger partial charge in [0.05, 0.1) is 0 Å². The van der Waals surface area contributed by atoms with Gasteiger partial charge >= 0.3 is 118 Å². The van der Waals surface area contributed by atoms with E-state index in [0.717, 1.165) is 18.2 Å². The third kappa shape index (κ3) is 23.8. The number of hydrogen-bond acceptors (Lipinski definition) is 20. The molecular weight excluding hydrogens is 869 g/mol. The van der Waals surface area contributed by atoms with E-state index in [1.54, 1.807) is 0 Å². The second kappa shape index (κ2) is 26.1. The first-order valence-corrected chi connectivity index (χ1v) is 20.7. The zero-order valence-corrected chi connectivity index (χ0v) is 41.6. The second-order valence-electron chi connectivity index (χ2n) is 9.31. The van der Waals surface area contributed by atoms with Crippen molar-refractivity contribution in [3.63, 3.8) is 0 Å². The predicted octanol–water partition coefficient (Wildman–Crippen LogP) is -15.1. The number of rotatable bonds is 20. The van der Waals surface area contributed by atoms with Gasteiger partial charge in [-0.2, -0.15) is 29.9 Å². The molecule has 270 valence electrons. The van der Waals surface area contributed by atoms with E-state index in [4.69, 9.17) is 23.2 Å². The topological polar surface area (TPSA) is 344 Å². The molecule has 0 spiro atoms. The van der Waals surface area contributed by atoms with Crippen LogP contribution in [0, 0.1) is 0 Å². The number of anilines is 5. The molecule has 0 radical (unpaired) electrons. The average Bonchev–Trinajstić information content (AvgIpc) is 2.96. The van der Waals surface area contributed by atoms with E-state index in [-0.39, 0.29) is 185 Å².